The third-order valence-electron chi connectivity index (χ3n) is 6.80. The molecule has 0 radical (unpaired) electrons. The molecule has 0 saturated carbocycles. The normalized spacial score (nSPS) is 27.6. The Hall–Kier alpha value is -2.97. The lowest BCUT2D eigenvalue weighted by molar-refractivity contribution is -0.119. The minimum Gasteiger partial charge on any atom is -0.502 e. The molecule has 2 heterocycles. The summed E-state index contributed by atoms with van der Waals surface area (Å²) in [6, 6.07) is 7.28. The van der Waals surface area contributed by atoms with Gasteiger partial charge in [-0.2, -0.15) is 0 Å². The van der Waals surface area contributed by atoms with Crippen LogP contribution >= 0.6 is 0 Å². The van der Waals surface area contributed by atoms with Gasteiger partial charge in [0.05, 0.1) is 33.0 Å². The van der Waals surface area contributed by atoms with Crippen LogP contribution in [-0.2, 0) is 9.53 Å². The zero-order chi connectivity index (χ0) is 22.6. The highest BCUT2D eigenvalue weighted by Crippen LogP contribution is 2.57. The molecule has 2 aliphatic heterocycles. The summed E-state index contributed by atoms with van der Waals surface area (Å²) in [6.45, 7) is 2.02. The largest absolute Gasteiger partial charge is 0.502 e. The van der Waals surface area contributed by atoms with Crippen LogP contribution in [-0.4, -0.2) is 49.7 Å². The zero-order valence-corrected chi connectivity index (χ0v) is 18.2. The number of carbonyl (C=O) groups excluding carboxylic acids is 1. The summed E-state index contributed by atoms with van der Waals surface area (Å²) in [5.41, 5.74) is 2.45. The van der Waals surface area contributed by atoms with Crippen molar-refractivity contribution in [3.05, 3.63) is 41.0 Å². The summed E-state index contributed by atoms with van der Waals surface area (Å²) in [6.07, 6.45) is -0.850. The van der Waals surface area contributed by atoms with Crippen molar-refractivity contribution in [1.82, 2.24) is 0 Å². The van der Waals surface area contributed by atoms with Gasteiger partial charge in [0, 0.05) is 24.2 Å². The number of ether oxygens (including phenoxy) is 5. The van der Waals surface area contributed by atoms with Crippen LogP contribution in [0.1, 0.15) is 42.1 Å². The van der Waals surface area contributed by atoms with E-state index in [0.717, 1.165) is 16.7 Å². The lowest BCUT2D eigenvalue weighted by Crippen LogP contribution is -2.37. The number of carbonyl (C=O) groups is 1. The molecule has 170 valence electrons. The van der Waals surface area contributed by atoms with E-state index in [4.69, 9.17) is 23.7 Å². The number of aliphatic hydroxyl groups is 1. The molecule has 2 aromatic carbocycles. The maximum Gasteiger partial charge on any atom is 0.231 e. The molecule has 0 bridgehead atoms. The molecule has 5 atom stereocenters. The van der Waals surface area contributed by atoms with Crippen LogP contribution in [0.25, 0.3) is 0 Å². The van der Waals surface area contributed by atoms with E-state index >= 15 is 0 Å². The van der Waals surface area contributed by atoms with E-state index in [1.807, 2.05) is 12.1 Å². The summed E-state index contributed by atoms with van der Waals surface area (Å²) >= 11 is 0. The minimum atomic E-state index is -0.765. The van der Waals surface area contributed by atoms with Gasteiger partial charge in [-0.05, 0) is 47.9 Å². The number of hydrogen-bond acceptors (Lipinski definition) is 8. The van der Waals surface area contributed by atoms with E-state index in [0.29, 0.717) is 18.1 Å². The molecule has 3 aliphatic rings. The van der Waals surface area contributed by atoms with Crippen molar-refractivity contribution in [2.75, 3.05) is 27.6 Å². The molecular formula is C24H26O8. The lowest BCUT2D eigenvalue weighted by Gasteiger charge is -2.40. The number of methoxy groups -OCH3 is 2. The highest BCUT2D eigenvalue weighted by Gasteiger charge is 2.51. The molecule has 0 aromatic heterocycles. The summed E-state index contributed by atoms with van der Waals surface area (Å²) < 4.78 is 28.0. The number of fused-ring (bicyclic) bond motifs is 3. The maximum atomic E-state index is 12.0. The first-order valence-electron chi connectivity index (χ1n) is 10.6. The van der Waals surface area contributed by atoms with Crippen LogP contribution in [0.2, 0.25) is 0 Å². The number of aliphatic hydroxyl groups excluding tert-OH is 1. The van der Waals surface area contributed by atoms with E-state index in [1.165, 1.54) is 14.2 Å². The second kappa shape index (κ2) is 7.86. The molecule has 2 N–H and O–H groups in total. The van der Waals surface area contributed by atoms with E-state index in [1.54, 1.807) is 19.1 Å². The molecular weight excluding hydrogens is 416 g/mol. The van der Waals surface area contributed by atoms with Crippen molar-refractivity contribution in [2.45, 2.75) is 31.5 Å². The van der Waals surface area contributed by atoms with Crippen molar-refractivity contribution in [3.8, 4) is 28.7 Å². The number of ketones is 1. The van der Waals surface area contributed by atoms with Crippen LogP contribution in [0.4, 0.5) is 0 Å². The molecule has 8 heteroatoms. The molecule has 1 unspecified atom stereocenters. The van der Waals surface area contributed by atoms with Gasteiger partial charge in [0.25, 0.3) is 0 Å². The fourth-order valence-corrected chi connectivity index (χ4v) is 5.41. The van der Waals surface area contributed by atoms with Crippen molar-refractivity contribution >= 4 is 5.78 Å². The van der Waals surface area contributed by atoms with Crippen molar-refractivity contribution in [1.29, 1.82) is 0 Å². The van der Waals surface area contributed by atoms with Crippen molar-refractivity contribution < 1.29 is 38.7 Å². The molecule has 1 saturated heterocycles. The van der Waals surface area contributed by atoms with Gasteiger partial charge in [0.1, 0.15) is 5.78 Å². The molecule has 32 heavy (non-hydrogen) atoms. The van der Waals surface area contributed by atoms with Crippen LogP contribution in [0.15, 0.2) is 24.3 Å². The van der Waals surface area contributed by atoms with Crippen LogP contribution in [0.5, 0.6) is 28.7 Å². The van der Waals surface area contributed by atoms with Crippen LogP contribution < -0.4 is 18.9 Å². The SMILES string of the molecule is COc1cc([C@@H]2c3cc4c(cc3[C@@H](O)[C@H]3COC(CC(C)=O)[C@@H]23)OCO4)cc(OC)c1O. The first-order chi connectivity index (χ1) is 15.4. The summed E-state index contributed by atoms with van der Waals surface area (Å²) in [7, 11) is 2.96. The Morgan fingerprint density at radius 2 is 1.69 bits per heavy atom. The van der Waals surface area contributed by atoms with Gasteiger partial charge in [-0.15, -0.1) is 0 Å². The highest BCUT2D eigenvalue weighted by atomic mass is 16.7. The molecule has 0 amide bonds. The number of phenols is 1. The van der Waals surface area contributed by atoms with Crippen LogP contribution in [0.3, 0.4) is 0 Å². The molecule has 2 aromatic rings. The van der Waals surface area contributed by atoms with Gasteiger partial charge in [-0.3, -0.25) is 4.79 Å². The molecule has 1 fully saturated rings. The van der Waals surface area contributed by atoms with E-state index in [9.17, 15) is 15.0 Å². The average Bonchev–Trinajstić information content (AvgIpc) is 3.40. The predicted octanol–water partition coefficient (Wildman–Crippen LogP) is 2.93. The topological polar surface area (TPSA) is 104 Å². The fourth-order valence-electron chi connectivity index (χ4n) is 5.41. The maximum absolute atomic E-state index is 12.0. The Balaban J connectivity index is 1.72. The first kappa shape index (κ1) is 20.9. The van der Waals surface area contributed by atoms with E-state index in [-0.39, 0.29) is 60.1 Å². The second-order valence-corrected chi connectivity index (χ2v) is 8.55. The lowest BCUT2D eigenvalue weighted by atomic mass is 9.64. The minimum absolute atomic E-state index is 0.0289. The summed E-state index contributed by atoms with van der Waals surface area (Å²) in [4.78, 5) is 12.0. The Morgan fingerprint density at radius 1 is 1.06 bits per heavy atom. The standard InChI is InChI=1S/C24H26O8/c1-11(25)4-18-22-15(9-30-18)23(26)14-8-17-16(31-10-32-17)7-13(14)21(22)12-5-19(28-2)24(27)20(6-12)29-3/h5-8,15,18,21-23,26-27H,4,9-10H2,1-3H3/t15-,18?,21+,22-,23+/m0/s1. The Morgan fingerprint density at radius 3 is 2.28 bits per heavy atom. The van der Waals surface area contributed by atoms with Crippen molar-refractivity contribution in [2.24, 2.45) is 11.8 Å². The monoisotopic (exact) mass is 442 g/mol. The third-order valence-corrected chi connectivity index (χ3v) is 6.80. The Bertz CT molecular complexity index is 1040. The Labute approximate surface area is 185 Å². The Kier molecular flexibility index (Phi) is 5.14. The van der Waals surface area contributed by atoms with Gasteiger partial charge < -0.3 is 33.9 Å². The number of Topliss-reactive ketones (excluding diaryl/α,β-unsaturated/α-hetero) is 1. The predicted molar refractivity (Wildman–Crippen MR) is 113 cm³/mol. The third kappa shape index (κ3) is 3.17. The summed E-state index contributed by atoms with van der Waals surface area (Å²) in [5, 5.41) is 21.7. The van der Waals surface area contributed by atoms with E-state index < -0.39 is 6.10 Å². The van der Waals surface area contributed by atoms with Gasteiger partial charge in [-0.25, -0.2) is 0 Å². The number of rotatable bonds is 5. The van der Waals surface area contributed by atoms with Gasteiger partial charge in [0.15, 0.2) is 23.0 Å². The number of aromatic hydroxyl groups is 1. The van der Waals surface area contributed by atoms with Crippen LogP contribution in [0, 0.1) is 11.8 Å². The fraction of sp³-hybridized carbons (Fsp3) is 0.458. The molecule has 8 nitrogen and oxygen atoms in total. The molecule has 5 rings (SSSR count). The second-order valence-electron chi connectivity index (χ2n) is 8.55. The number of benzene rings is 2. The number of phenolic OH excluding ortho intramolecular Hbond substituents is 1. The van der Waals surface area contributed by atoms with Gasteiger partial charge in [-0.1, -0.05) is 0 Å². The first-order valence-corrected chi connectivity index (χ1v) is 10.6. The smallest absolute Gasteiger partial charge is 0.231 e. The van der Waals surface area contributed by atoms with E-state index in [2.05, 4.69) is 0 Å². The van der Waals surface area contributed by atoms with Gasteiger partial charge in [0.2, 0.25) is 12.5 Å². The number of hydrogen-bond donors (Lipinski definition) is 2. The molecule has 0 spiro atoms. The highest BCUT2D eigenvalue weighted by molar-refractivity contribution is 5.76. The quantitative estimate of drug-likeness (QED) is 0.729. The van der Waals surface area contributed by atoms with Gasteiger partial charge >= 0.3 is 0 Å². The van der Waals surface area contributed by atoms with Crippen molar-refractivity contribution in [3.63, 3.8) is 0 Å². The average molecular weight is 442 g/mol. The summed E-state index contributed by atoms with van der Waals surface area (Å²) in [5.74, 6) is 1.10. The molecule has 1 aliphatic carbocycles. The zero-order valence-electron chi connectivity index (χ0n) is 18.2.